The Morgan fingerprint density at radius 2 is 2.38 bits per heavy atom. The number of hydrogen-bond donors (Lipinski definition) is 1. The minimum atomic E-state index is -0.0822. The Kier molecular flexibility index (Phi) is 1.83. The predicted octanol–water partition coefficient (Wildman–Crippen LogP) is 0.476. The van der Waals surface area contributed by atoms with Gasteiger partial charge in [0.1, 0.15) is 0 Å². The van der Waals surface area contributed by atoms with Gasteiger partial charge in [-0.05, 0) is 12.1 Å². The fourth-order valence-corrected chi connectivity index (χ4v) is 1.26. The molecule has 0 spiro atoms. The zero-order valence-corrected chi connectivity index (χ0v) is 6.97. The van der Waals surface area contributed by atoms with Gasteiger partial charge in [-0.2, -0.15) is 5.10 Å². The second-order valence-corrected chi connectivity index (χ2v) is 2.72. The van der Waals surface area contributed by atoms with Crippen LogP contribution in [0.5, 0.6) is 0 Å². The lowest BCUT2D eigenvalue weighted by Gasteiger charge is -1.94. The highest BCUT2D eigenvalue weighted by molar-refractivity contribution is 6.03. The van der Waals surface area contributed by atoms with E-state index in [4.69, 9.17) is 5.73 Å². The first kappa shape index (κ1) is 7.94. The van der Waals surface area contributed by atoms with Crippen molar-refractivity contribution < 1.29 is 4.79 Å². The van der Waals surface area contributed by atoms with Crippen molar-refractivity contribution in [3.8, 4) is 0 Å². The second-order valence-electron chi connectivity index (χ2n) is 2.72. The summed E-state index contributed by atoms with van der Waals surface area (Å²) in [6, 6.07) is 5.57. The van der Waals surface area contributed by atoms with E-state index >= 15 is 0 Å². The Hall–Kier alpha value is -1.68. The standard InChI is InChI=1S/C9H9N3O/c10-5-9(13)7-6-11-12-4-2-1-3-8(7)12/h1-4,6H,5,10H2. The average molecular weight is 175 g/mol. The highest BCUT2D eigenvalue weighted by Gasteiger charge is 2.09. The molecule has 0 aromatic carbocycles. The molecule has 2 N–H and O–H groups in total. The number of carbonyl (C=O) groups is 1. The zero-order chi connectivity index (χ0) is 9.26. The molecule has 0 atom stereocenters. The molecular formula is C9H9N3O. The Bertz CT molecular complexity index is 447. The van der Waals surface area contributed by atoms with Gasteiger partial charge >= 0.3 is 0 Å². The Balaban J connectivity index is 2.64. The van der Waals surface area contributed by atoms with Crippen LogP contribution in [-0.2, 0) is 0 Å². The molecule has 0 saturated heterocycles. The minimum absolute atomic E-state index is 0.0241. The van der Waals surface area contributed by atoms with Crippen molar-refractivity contribution in [1.29, 1.82) is 0 Å². The van der Waals surface area contributed by atoms with E-state index in [9.17, 15) is 4.79 Å². The quantitative estimate of drug-likeness (QED) is 0.675. The van der Waals surface area contributed by atoms with E-state index in [2.05, 4.69) is 5.10 Å². The number of aromatic nitrogens is 2. The molecule has 66 valence electrons. The van der Waals surface area contributed by atoms with Gasteiger partial charge in [0, 0.05) is 6.20 Å². The van der Waals surface area contributed by atoms with Crippen molar-refractivity contribution in [1.82, 2.24) is 9.61 Å². The third-order valence-corrected chi connectivity index (χ3v) is 1.91. The summed E-state index contributed by atoms with van der Waals surface area (Å²) in [5, 5.41) is 4.03. The molecule has 4 nitrogen and oxygen atoms in total. The number of nitrogens with zero attached hydrogens (tertiary/aromatic N) is 2. The maximum atomic E-state index is 11.3. The van der Waals surface area contributed by atoms with Crippen LogP contribution in [0.15, 0.2) is 30.6 Å². The van der Waals surface area contributed by atoms with Crippen molar-refractivity contribution in [3.63, 3.8) is 0 Å². The highest BCUT2D eigenvalue weighted by Crippen LogP contribution is 2.09. The number of Topliss-reactive ketones (excluding diaryl/α,β-unsaturated/α-hetero) is 1. The molecule has 0 saturated carbocycles. The van der Waals surface area contributed by atoms with Crippen molar-refractivity contribution in [2.24, 2.45) is 5.73 Å². The lowest BCUT2D eigenvalue weighted by Crippen LogP contribution is -2.13. The van der Waals surface area contributed by atoms with Crippen LogP contribution in [0.3, 0.4) is 0 Å². The van der Waals surface area contributed by atoms with Crippen molar-refractivity contribution in [3.05, 3.63) is 36.2 Å². The zero-order valence-electron chi connectivity index (χ0n) is 6.97. The normalized spacial score (nSPS) is 10.5. The van der Waals surface area contributed by atoms with Crippen molar-refractivity contribution in [2.45, 2.75) is 0 Å². The Morgan fingerprint density at radius 3 is 3.15 bits per heavy atom. The van der Waals surface area contributed by atoms with Crippen molar-refractivity contribution >= 4 is 11.3 Å². The Morgan fingerprint density at radius 1 is 1.54 bits per heavy atom. The molecule has 0 aliphatic heterocycles. The van der Waals surface area contributed by atoms with Crippen LogP contribution in [-0.4, -0.2) is 21.9 Å². The first-order valence-corrected chi connectivity index (χ1v) is 3.98. The van der Waals surface area contributed by atoms with Gasteiger partial charge in [0.15, 0.2) is 5.78 Å². The maximum Gasteiger partial charge on any atom is 0.180 e. The van der Waals surface area contributed by atoms with E-state index in [1.807, 2.05) is 18.2 Å². The van der Waals surface area contributed by atoms with Gasteiger partial charge < -0.3 is 5.73 Å². The van der Waals surface area contributed by atoms with E-state index in [0.29, 0.717) is 5.56 Å². The van der Waals surface area contributed by atoms with Crippen LogP contribution >= 0.6 is 0 Å². The molecule has 13 heavy (non-hydrogen) atoms. The fourth-order valence-electron chi connectivity index (χ4n) is 1.26. The lowest BCUT2D eigenvalue weighted by molar-refractivity contribution is 0.100. The molecule has 0 fully saturated rings. The molecule has 2 aromatic rings. The molecule has 0 unspecified atom stereocenters. The molecule has 0 aliphatic carbocycles. The summed E-state index contributed by atoms with van der Waals surface area (Å²) < 4.78 is 1.66. The summed E-state index contributed by atoms with van der Waals surface area (Å²) in [4.78, 5) is 11.3. The summed E-state index contributed by atoms with van der Waals surface area (Å²) in [7, 11) is 0. The van der Waals surface area contributed by atoms with Gasteiger partial charge in [-0.25, -0.2) is 4.52 Å². The third kappa shape index (κ3) is 1.21. The summed E-state index contributed by atoms with van der Waals surface area (Å²) in [6.07, 6.45) is 3.34. The fraction of sp³-hybridized carbons (Fsp3) is 0.111. The number of fused-ring (bicyclic) bond motifs is 1. The molecule has 2 rings (SSSR count). The molecule has 0 radical (unpaired) electrons. The first-order valence-electron chi connectivity index (χ1n) is 3.98. The van der Waals surface area contributed by atoms with E-state index in [0.717, 1.165) is 5.52 Å². The van der Waals surface area contributed by atoms with Crippen molar-refractivity contribution in [2.75, 3.05) is 6.54 Å². The van der Waals surface area contributed by atoms with E-state index in [-0.39, 0.29) is 12.3 Å². The molecule has 2 aromatic heterocycles. The molecule has 0 amide bonds. The minimum Gasteiger partial charge on any atom is -0.324 e. The van der Waals surface area contributed by atoms with Crippen LogP contribution < -0.4 is 5.73 Å². The van der Waals surface area contributed by atoms with Crippen LogP contribution in [0.25, 0.3) is 5.52 Å². The number of rotatable bonds is 2. The SMILES string of the molecule is NCC(=O)c1cnn2ccccc12. The van der Waals surface area contributed by atoms with E-state index in [1.54, 1.807) is 16.9 Å². The monoisotopic (exact) mass is 175 g/mol. The average Bonchev–Trinajstić information content (AvgIpc) is 2.60. The topological polar surface area (TPSA) is 60.4 Å². The largest absolute Gasteiger partial charge is 0.324 e. The lowest BCUT2D eigenvalue weighted by atomic mass is 10.2. The highest BCUT2D eigenvalue weighted by atomic mass is 16.1. The second kappa shape index (κ2) is 2.99. The first-order chi connectivity index (χ1) is 6.33. The summed E-state index contributed by atoms with van der Waals surface area (Å²) in [5.41, 5.74) is 6.66. The van der Waals surface area contributed by atoms with Crippen LogP contribution in [0, 0.1) is 0 Å². The van der Waals surface area contributed by atoms with Gasteiger partial charge in [-0.15, -0.1) is 0 Å². The predicted molar refractivity (Wildman–Crippen MR) is 48.6 cm³/mol. The summed E-state index contributed by atoms with van der Waals surface area (Å²) in [6.45, 7) is 0.0241. The molecule has 2 heterocycles. The number of hydrogen-bond acceptors (Lipinski definition) is 3. The number of pyridine rings is 1. The Labute approximate surface area is 75.0 Å². The number of nitrogens with two attached hydrogens (primary N) is 1. The number of ketones is 1. The van der Waals surface area contributed by atoms with Crippen LogP contribution in [0.1, 0.15) is 10.4 Å². The van der Waals surface area contributed by atoms with Crippen LogP contribution in [0.2, 0.25) is 0 Å². The van der Waals surface area contributed by atoms with E-state index in [1.165, 1.54) is 0 Å². The smallest absolute Gasteiger partial charge is 0.180 e. The van der Waals surface area contributed by atoms with Gasteiger partial charge in [-0.3, -0.25) is 4.79 Å². The van der Waals surface area contributed by atoms with Gasteiger partial charge in [0.2, 0.25) is 0 Å². The summed E-state index contributed by atoms with van der Waals surface area (Å²) >= 11 is 0. The molecule has 4 heteroatoms. The van der Waals surface area contributed by atoms with Crippen LogP contribution in [0.4, 0.5) is 0 Å². The van der Waals surface area contributed by atoms with Gasteiger partial charge in [0.25, 0.3) is 0 Å². The molecule has 0 bridgehead atoms. The third-order valence-electron chi connectivity index (χ3n) is 1.91. The summed E-state index contributed by atoms with van der Waals surface area (Å²) in [5.74, 6) is -0.0822. The van der Waals surface area contributed by atoms with Gasteiger partial charge in [0.05, 0.1) is 23.8 Å². The van der Waals surface area contributed by atoms with Gasteiger partial charge in [-0.1, -0.05) is 6.07 Å². The molecule has 0 aliphatic rings. The number of carbonyl (C=O) groups excluding carboxylic acids is 1. The maximum absolute atomic E-state index is 11.3. The molecular weight excluding hydrogens is 166 g/mol. The van der Waals surface area contributed by atoms with E-state index < -0.39 is 0 Å².